The Morgan fingerprint density at radius 3 is 2.78 bits per heavy atom. The molecule has 0 aliphatic rings. The van der Waals surface area contributed by atoms with Crippen molar-refractivity contribution >= 4 is 11.6 Å². The Kier molecular flexibility index (Phi) is 5.98. The van der Waals surface area contributed by atoms with E-state index in [9.17, 15) is 9.50 Å². The standard InChI is InChI=1S/C16H21ClFN3O2/c1-4-14-11(16(23-3)21(2)20-14)8-19-15(9-22)10-5-6-12(17)13(18)7-10/h5-7,15,19,22H,4,8-9H2,1-3H3. The predicted molar refractivity (Wildman–Crippen MR) is 87.2 cm³/mol. The van der Waals surface area contributed by atoms with E-state index in [1.54, 1.807) is 17.9 Å². The number of nitrogens with zero attached hydrogens (tertiary/aromatic N) is 2. The van der Waals surface area contributed by atoms with Gasteiger partial charge in [-0.1, -0.05) is 24.6 Å². The summed E-state index contributed by atoms with van der Waals surface area (Å²) in [6.07, 6.45) is 0.771. The molecule has 2 aromatic rings. The molecule has 0 radical (unpaired) electrons. The minimum absolute atomic E-state index is 0.0626. The van der Waals surface area contributed by atoms with Gasteiger partial charge in [-0.25, -0.2) is 9.07 Å². The number of rotatable bonds is 7. The molecular weight excluding hydrogens is 321 g/mol. The molecule has 2 rings (SSSR count). The topological polar surface area (TPSA) is 59.3 Å². The van der Waals surface area contributed by atoms with Crippen molar-refractivity contribution in [2.75, 3.05) is 13.7 Å². The fraction of sp³-hybridized carbons (Fsp3) is 0.438. The maximum Gasteiger partial charge on any atom is 0.216 e. The maximum atomic E-state index is 13.6. The van der Waals surface area contributed by atoms with Crippen LogP contribution in [0.25, 0.3) is 0 Å². The first-order valence-corrected chi connectivity index (χ1v) is 7.77. The van der Waals surface area contributed by atoms with Crippen molar-refractivity contribution in [3.05, 3.63) is 45.9 Å². The lowest BCUT2D eigenvalue weighted by atomic mass is 10.1. The van der Waals surface area contributed by atoms with Crippen LogP contribution in [0.3, 0.4) is 0 Å². The number of benzene rings is 1. The second kappa shape index (κ2) is 7.77. The van der Waals surface area contributed by atoms with Gasteiger partial charge in [0, 0.05) is 13.6 Å². The van der Waals surface area contributed by atoms with Gasteiger partial charge in [-0.2, -0.15) is 5.10 Å². The number of ether oxygens (including phenoxy) is 1. The first-order chi connectivity index (χ1) is 11.0. The average molecular weight is 342 g/mol. The fourth-order valence-electron chi connectivity index (χ4n) is 2.56. The lowest BCUT2D eigenvalue weighted by Gasteiger charge is -2.17. The van der Waals surface area contributed by atoms with E-state index in [-0.39, 0.29) is 11.6 Å². The summed E-state index contributed by atoms with van der Waals surface area (Å²) in [4.78, 5) is 0. The molecule has 1 aromatic heterocycles. The molecule has 5 nitrogen and oxygen atoms in total. The molecule has 0 aliphatic heterocycles. The lowest BCUT2D eigenvalue weighted by molar-refractivity contribution is 0.242. The number of methoxy groups -OCH3 is 1. The summed E-state index contributed by atoms with van der Waals surface area (Å²) in [5.41, 5.74) is 2.50. The molecule has 0 bridgehead atoms. The van der Waals surface area contributed by atoms with Gasteiger partial charge in [0.1, 0.15) is 5.82 Å². The van der Waals surface area contributed by atoms with E-state index in [4.69, 9.17) is 16.3 Å². The molecule has 1 unspecified atom stereocenters. The van der Waals surface area contributed by atoms with E-state index in [1.807, 2.05) is 14.0 Å². The van der Waals surface area contributed by atoms with Gasteiger partial charge >= 0.3 is 0 Å². The highest BCUT2D eigenvalue weighted by atomic mass is 35.5. The van der Waals surface area contributed by atoms with Crippen molar-refractivity contribution in [2.24, 2.45) is 7.05 Å². The number of aliphatic hydroxyl groups is 1. The molecule has 1 heterocycles. The lowest BCUT2D eigenvalue weighted by Crippen LogP contribution is -2.24. The van der Waals surface area contributed by atoms with Gasteiger partial charge in [0.15, 0.2) is 0 Å². The van der Waals surface area contributed by atoms with E-state index in [2.05, 4.69) is 10.4 Å². The van der Waals surface area contributed by atoms with E-state index in [1.165, 1.54) is 12.1 Å². The van der Waals surface area contributed by atoms with Crippen molar-refractivity contribution in [1.29, 1.82) is 0 Å². The van der Waals surface area contributed by atoms with Gasteiger partial charge in [-0.3, -0.25) is 0 Å². The van der Waals surface area contributed by atoms with Crippen molar-refractivity contribution in [1.82, 2.24) is 15.1 Å². The van der Waals surface area contributed by atoms with Crippen LogP contribution in [0.5, 0.6) is 5.88 Å². The fourth-order valence-corrected chi connectivity index (χ4v) is 2.68. The second-order valence-electron chi connectivity index (χ2n) is 5.20. The minimum atomic E-state index is -0.502. The molecule has 1 aromatic carbocycles. The molecule has 126 valence electrons. The number of hydrogen-bond donors (Lipinski definition) is 2. The summed E-state index contributed by atoms with van der Waals surface area (Å²) in [5.74, 6) is 0.172. The number of aryl methyl sites for hydroxylation is 2. The first-order valence-electron chi connectivity index (χ1n) is 7.39. The van der Waals surface area contributed by atoms with Crippen molar-refractivity contribution in [3.8, 4) is 5.88 Å². The number of nitrogens with one attached hydrogen (secondary N) is 1. The summed E-state index contributed by atoms with van der Waals surface area (Å²) in [7, 11) is 3.41. The van der Waals surface area contributed by atoms with Crippen LogP contribution in [0.4, 0.5) is 4.39 Å². The summed E-state index contributed by atoms with van der Waals surface area (Å²) in [6, 6.07) is 4.10. The summed E-state index contributed by atoms with van der Waals surface area (Å²) < 4.78 is 20.7. The largest absolute Gasteiger partial charge is 0.481 e. The molecule has 1 atom stereocenters. The van der Waals surface area contributed by atoms with Gasteiger partial charge < -0.3 is 15.2 Å². The molecule has 2 N–H and O–H groups in total. The second-order valence-corrected chi connectivity index (χ2v) is 5.61. The number of hydrogen-bond acceptors (Lipinski definition) is 4. The van der Waals surface area contributed by atoms with Crippen LogP contribution < -0.4 is 10.1 Å². The summed E-state index contributed by atoms with van der Waals surface area (Å²) >= 11 is 5.70. The molecule has 0 saturated heterocycles. The Morgan fingerprint density at radius 1 is 1.48 bits per heavy atom. The van der Waals surface area contributed by atoms with Crippen LogP contribution in [-0.2, 0) is 20.0 Å². The Labute approximate surface area is 140 Å². The van der Waals surface area contributed by atoms with E-state index >= 15 is 0 Å². The van der Waals surface area contributed by atoms with Crippen LogP contribution in [0, 0.1) is 5.82 Å². The quantitative estimate of drug-likeness (QED) is 0.812. The SMILES string of the molecule is CCc1nn(C)c(OC)c1CNC(CO)c1ccc(Cl)c(F)c1. The number of halogens is 2. The van der Waals surface area contributed by atoms with E-state index in [0.29, 0.717) is 18.0 Å². The minimum Gasteiger partial charge on any atom is -0.481 e. The zero-order valence-corrected chi connectivity index (χ0v) is 14.2. The number of aliphatic hydroxyl groups excluding tert-OH is 1. The van der Waals surface area contributed by atoms with Gasteiger partial charge in [-0.05, 0) is 24.1 Å². The Morgan fingerprint density at radius 2 is 2.22 bits per heavy atom. The van der Waals surface area contributed by atoms with Crippen LogP contribution in [0.1, 0.15) is 29.8 Å². The number of aromatic nitrogens is 2. The monoisotopic (exact) mass is 341 g/mol. The molecule has 0 saturated carbocycles. The zero-order valence-electron chi connectivity index (χ0n) is 13.4. The molecule has 0 aliphatic carbocycles. The van der Waals surface area contributed by atoms with Gasteiger partial charge in [0.25, 0.3) is 0 Å². The van der Waals surface area contributed by atoms with Crippen molar-refractivity contribution < 1.29 is 14.2 Å². The summed E-state index contributed by atoms with van der Waals surface area (Å²) in [5, 5.41) is 17.3. The molecule has 23 heavy (non-hydrogen) atoms. The Bertz CT molecular complexity index is 676. The molecule has 0 fully saturated rings. The van der Waals surface area contributed by atoms with Crippen LogP contribution >= 0.6 is 11.6 Å². The Balaban J connectivity index is 2.19. The van der Waals surface area contributed by atoms with Gasteiger partial charge in [0.05, 0.1) is 36.0 Å². The zero-order chi connectivity index (χ0) is 17.0. The average Bonchev–Trinajstić information content (AvgIpc) is 2.86. The predicted octanol–water partition coefficient (Wildman–Crippen LogP) is 2.61. The third-order valence-corrected chi connectivity index (χ3v) is 4.06. The van der Waals surface area contributed by atoms with E-state index in [0.717, 1.165) is 17.7 Å². The molecule has 0 spiro atoms. The maximum absolute atomic E-state index is 13.6. The molecular formula is C16H21ClFN3O2. The smallest absolute Gasteiger partial charge is 0.216 e. The third-order valence-electron chi connectivity index (χ3n) is 3.75. The normalized spacial score (nSPS) is 12.4. The van der Waals surface area contributed by atoms with E-state index < -0.39 is 11.9 Å². The molecule has 0 amide bonds. The Hall–Kier alpha value is -1.63. The van der Waals surface area contributed by atoms with Crippen LogP contribution in [0.2, 0.25) is 5.02 Å². The molecule has 7 heteroatoms. The van der Waals surface area contributed by atoms with Gasteiger partial charge in [-0.15, -0.1) is 0 Å². The highest BCUT2D eigenvalue weighted by molar-refractivity contribution is 6.30. The van der Waals surface area contributed by atoms with Crippen LogP contribution in [-0.4, -0.2) is 28.6 Å². The first kappa shape index (κ1) is 17.7. The van der Waals surface area contributed by atoms with Gasteiger partial charge in [0.2, 0.25) is 5.88 Å². The highest BCUT2D eigenvalue weighted by Crippen LogP contribution is 2.24. The summed E-state index contributed by atoms with van der Waals surface area (Å²) in [6.45, 7) is 2.31. The third kappa shape index (κ3) is 3.83. The highest BCUT2D eigenvalue weighted by Gasteiger charge is 2.18. The van der Waals surface area contributed by atoms with Crippen molar-refractivity contribution in [3.63, 3.8) is 0 Å². The van der Waals surface area contributed by atoms with Crippen LogP contribution in [0.15, 0.2) is 18.2 Å². The van der Waals surface area contributed by atoms with Crippen molar-refractivity contribution in [2.45, 2.75) is 25.9 Å².